The summed E-state index contributed by atoms with van der Waals surface area (Å²) in [5.41, 5.74) is 0. The molecule has 6 nitrogen and oxygen atoms in total. The van der Waals surface area contributed by atoms with Crippen LogP contribution in [0.3, 0.4) is 0 Å². The van der Waals surface area contributed by atoms with Crippen molar-refractivity contribution in [3.8, 4) is 0 Å². The number of hydrogen-bond donors (Lipinski definition) is 3. The number of rotatable bonds is 7. The van der Waals surface area contributed by atoms with Crippen molar-refractivity contribution in [3.05, 3.63) is 0 Å². The molecule has 0 aromatic carbocycles. The molecule has 6 heteroatoms. The van der Waals surface area contributed by atoms with Gasteiger partial charge in [-0.3, -0.25) is 4.79 Å². The number of amides is 2. The van der Waals surface area contributed by atoms with Gasteiger partial charge in [0.15, 0.2) is 0 Å². The molecule has 0 atom stereocenters. The van der Waals surface area contributed by atoms with Crippen LogP contribution in [0.1, 0.15) is 20.3 Å². The zero-order chi connectivity index (χ0) is 12.4. The van der Waals surface area contributed by atoms with Gasteiger partial charge in [0.05, 0.1) is 6.61 Å². The molecule has 2 amide bonds. The first kappa shape index (κ1) is 14.7. The third-order valence-electron chi connectivity index (χ3n) is 1.65. The van der Waals surface area contributed by atoms with Crippen LogP contribution >= 0.6 is 0 Å². The lowest BCUT2D eigenvalue weighted by atomic mass is 10.2. The average molecular weight is 232 g/mol. The van der Waals surface area contributed by atoms with E-state index in [4.69, 9.17) is 5.11 Å². The molecule has 0 saturated heterocycles. The van der Waals surface area contributed by atoms with Gasteiger partial charge in [-0.15, -0.1) is 0 Å². The van der Waals surface area contributed by atoms with E-state index in [9.17, 15) is 9.59 Å². The molecular formula is C10H20N2O4. The van der Waals surface area contributed by atoms with Crippen LogP contribution in [0.25, 0.3) is 0 Å². The Hall–Kier alpha value is -1.30. The smallest absolute Gasteiger partial charge is 0.407 e. The second-order valence-electron chi connectivity index (χ2n) is 3.73. The summed E-state index contributed by atoms with van der Waals surface area (Å²) in [5, 5.41) is 13.5. The molecule has 0 aliphatic rings. The van der Waals surface area contributed by atoms with Crippen LogP contribution in [-0.4, -0.2) is 43.4 Å². The van der Waals surface area contributed by atoms with E-state index in [0.717, 1.165) is 0 Å². The van der Waals surface area contributed by atoms with Crippen LogP contribution in [0.4, 0.5) is 4.79 Å². The van der Waals surface area contributed by atoms with Gasteiger partial charge in [0.2, 0.25) is 5.91 Å². The highest BCUT2D eigenvalue weighted by molar-refractivity contribution is 5.76. The third kappa shape index (κ3) is 9.26. The lowest BCUT2D eigenvalue weighted by Crippen LogP contribution is -2.32. The summed E-state index contributed by atoms with van der Waals surface area (Å²) in [6.45, 7) is 4.63. The molecule has 0 bridgehead atoms. The number of nitrogens with one attached hydrogen (secondary N) is 2. The molecule has 16 heavy (non-hydrogen) atoms. The quantitative estimate of drug-likeness (QED) is 0.570. The molecule has 0 saturated carbocycles. The SMILES string of the molecule is CC(C)CNC(=O)CCNC(=O)OCCO. The number of carbonyl (C=O) groups is 2. The fourth-order valence-electron chi connectivity index (χ4n) is 0.874. The maximum atomic E-state index is 11.2. The highest BCUT2D eigenvalue weighted by Gasteiger charge is 2.04. The summed E-state index contributed by atoms with van der Waals surface area (Å²) in [6, 6.07) is 0. The van der Waals surface area contributed by atoms with Crippen LogP contribution in [0.2, 0.25) is 0 Å². The van der Waals surface area contributed by atoms with Crippen LogP contribution in [0.15, 0.2) is 0 Å². The maximum Gasteiger partial charge on any atom is 0.407 e. The first-order valence-corrected chi connectivity index (χ1v) is 5.34. The van der Waals surface area contributed by atoms with Crippen molar-refractivity contribution in [1.29, 1.82) is 0 Å². The van der Waals surface area contributed by atoms with Crippen LogP contribution in [0, 0.1) is 5.92 Å². The van der Waals surface area contributed by atoms with Gasteiger partial charge in [0.1, 0.15) is 6.61 Å². The van der Waals surface area contributed by atoms with Crippen molar-refractivity contribution >= 4 is 12.0 Å². The van der Waals surface area contributed by atoms with Crippen LogP contribution < -0.4 is 10.6 Å². The highest BCUT2D eigenvalue weighted by atomic mass is 16.6. The van der Waals surface area contributed by atoms with Crippen molar-refractivity contribution < 1.29 is 19.4 Å². The Morgan fingerprint density at radius 3 is 2.56 bits per heavy atom. The largest absolute Gasteiger partial charge is 0.447 e. The summed E-state index contributed by atoms with van der Waals surface area (Å²) >= 11 is 0. The van der Waals surface area contributed by atoms with Gasteiger partial charge in [-0.2, -0.15) is 0 Å². The van der Waals surface area contributed by atoms with Crippen molar-refractivity contribution in [2.45, 2.75) is 20.3 Å². The van der Waals surface area contributed by atoms with Gasteiger partial charge in [0.25, 0.3) is 0 Å². The van der Waals surface area contributed by atoms with Gasteiger partial charge in [0, 0.05) is 19.5 Å². The number of hydrogen-bond acceptors (Lipinski definition) is 4. The molecule has 0 heterocycles. The molecule has 0 spiro atoms. The molecule has 0 radical (unpaired) electrons. The standard InChI is InChI=1S/C10H20N2O4/c1-8(2)7-12-9(14)3-4-11-10(15)16-6-5-13/h8,13H,3-7H2,1-2H3,(H,11,15)(H,12,14). The molecule has 3 N–H and O–H groups in total. The Labute approximate surface area is 95.4 Å². The molecule has 0 aromatic heterocycles. The van der Waals surface area contributed by atoms with Crippen LogP contribution in [0.5, 0.6) is 0 Å². The Kier molecular flexibility index (Phi) is 8.24. The van der Waals surface area contributed by atoms with Gasteiger partial charge >= 0.3 is 6.09 Å². The highest BCUT2D eigenvalue weighted by Crippen LogP contribution is 1.88. The van der Waals surface area contributed by atoms with Crippen molar-refractivity contribution in [1.82, 2.24) is 10.6 Å². The molecule has 0 fully saturated rings. The van der Waals surface area contributed by atoms with E-state index in [2.05, 4.69) is 15.4 Å². The average Bonchev–Trinajstić information content (AvgIpc) is 2.23. The lowest BCUT2D eigenvalue weighted by Gasteiger charge is -2.08. The Balaban J connectivity index is 3.43. The van der Waals surface area contributed by atoms with E-state index in [0.29, 0.717) is 12.5 Å². The normalized spacial score (nSPS) is 10.0. The predicted molar refractivity (Wildman–Crippen MR) is 58.9 cm³/mol. The van der Waals surface area contributed by atoms with E-state index < -0.39 is 6.09 Å². The molecule has 0 unspecified atom stereocenters. The molecule has 0 aliphatic heterocycles. The number of alkyl carbamates (subject to hydrolysis) is 1. The second-order valence-corrected chi connectivity index (χ2v) is 3.73. The summed E-state index contributed by atoms with van der Waals surface area (Å²) in [5.74, 6) is 0.308. The minimum absolute atomic E-state index is 0.0363. The van der Waals surface area contributed by atoms with Crippen molar-refractivity contribution in [2.24, 2.45) is 5.92 Å². The molecule has 0 aromatic rings. The van der Waals surface area contributed by atoms with Crippen molar-refractivity contribution in [2.75, 3.05) is 26.3 Å². The fourth-order valence-corrected chi connectivity index (χ4v) is 0.874. The predicted octanol–water partition coefficient (Wildman–Crippen LogP) is -0.133. The minimum Gasteiger partial charge on any atom is -0.447 e. The molecule has 0 rings (SSSR count). The van der Waals surface area contributed by atoms with E-state index in [1.807, 2.05) is 13.8 Å². The Bertz CT molecular complexity index is 219. The van der Waals surface area contributed by atoms with Crippen molar-refractivity contribution in [3.63, 3.8) is 0 Å². The summed E-state index contributed by atoms with van der Waals surface area (Å²) in [4.78, 5) is 22.1. The first-order valence-electron chi connectivity index (χ1n) is 5.34. The van der Waals surface area contributed by atoms with E-state index in [-0.39, 0.29) is 32.1 Å². The zero-order valence-electron chi connectivity index (χ0n) is 9.78. The number of aliphatic hydroxyl groups is 1. The fraction of sp³-hybridized carbons (Fsp3) is 0.800. The second kappa shape index (κ2) is 8.96. The van der Waals surface area contributed by atoms with E-state index in [1.165, 1.54) is 0 Å². The first-order chi connectivity index (χ1) is 7.56. The summed E-state index contributed by atoms with van der Waals surface area (Å²) < 4.78 is 4.54. The van der Waals surface area contributed by atoms with E-state index >= 15 is 0 Å². The number of aliphatic hydroxyl groups excluding tert-OH is 1. The van der Waals surface area contributed by atoms with Crippen LogP contribution in [-0.2, 0) is 9.53 Å². The number of carbonyl (C=O) groups excluding carboxylic acids is 2. The maximum absolute atomic E-state index is 11.2. The zero-order valence-corrected chi connectivity index (χ0v) is 9.78. The molecular weight excluding hydrogens is 212 g/mol. The number of ether oxygens (including phenoxy) is 1. The van der Waals surface area contributed by atoms with E-state index in [1.54, 1.807) is 0 Å². The molecule has 94 valence electrons. The summed E-state index contributed by atoms with van der Waals surface area (Å²) in [6.07, 6.45) is -0.397. The topological polar surface area (TPSA) is 87.7 Å². The van der Waals surface area contributed by atoms with Gasteiger partial charge < -0.3 is 20.5 Å². The Morgan fingerprint density at radius 1 is 1.31 bits per heavy atom. The summed E-state index contributed by atoms with van der Waals surface area (Å²) in [7, 11) is 0. The third-order valence-corrected chi connectivity index (χ3v) is 1.65. The van der Waals surface area contributed by atoms with Gasteiger partial charge in [-0.25, -0.2) is 4.79 Å². The van der Waals surface area contributed by atoms with Gasteiger partial charge in [-0.05, 0) is 5.92 Å². The lowest BCUT2D eigenvalue weighted by molar-refractivity contribution is -0.121. The monoisotopic (exact) mass is 232 g/mol. The minimum atomic E-state index is -0.620. The van der Waals surface area contributed by atoms with Gasteiger partial charge in [-0.1, -0.05) is 13.8 Å². The Morgan fingerprint density at radius 2 is 2.00 bits per heavy atom. The molecule has 0 aliphatic carbocycles.